The number of amides is 3. The summed E-state index contributed by atoms with van der Waals surface area (Å²) >= 11 is 0. The number of aliphatic carboxylic acids is 1. The summed E-state index contributed by atoms with van der Waals surface area (Å²) < 4.78 is 98.1. The minimum atomic E-state index is -1.95. The van der Waals surface area contributed by atoms with Crippen molar-refractivity contribution in [2.75, 3.05) is 185 Å². The molecule has 10 atom stereocenters. The van der Waals surface area contributed by atoms with Gasteiger partial charge in [0.2, 0.25) is 18.5 Å². The first kappa shape index (κ1) is 95.9. The third-order valence-electron chi connectivity index (χ3n) is 15.1. The second kappa shape index (κ2) is 59.5. The summed E-state index contributed by atoms with van der Waals surface area (Å²) in [5.41, 5.74) is 0.824. The average Bonchev–Trinajstić information content (AvgIpc) is 0.799. The second-order valence-corrected chi connectivity index (χ2v) is 23.6. The van der Waals surface area contributed by atoms with Crippen LogP contribution in [0.3, 0.4) is 0 Å². The van der Waals surface area contributed by atoms with E-state index in [9.17, 15) is 74.1 Å². The number of hydrogen-bond donors (Lipinski definition) is 11. The lowest BCUT2D eigenvalue weighted by atomic mass is 9.99. The van der Waals surface area contributed by atoms with Gasteiger partial charge in [-0.15, -0.1) is 0 Å². The molecule has 2 saturated heterocycles. The van der Waals surface area contributed by atoms with Crippen molar-refractivity contribution in [1.82, 2.24) is 16.0 Å². The second-order valence-electron chi connectivity index (χ2n) is 23.6. The van der Waals surface area contributed by atoms with Gasteiger partial charge in [-0.2, -0.15) is 9.59 Å². The topological polar surface area (TPSA) is 550 Å². The van der Waals surface area contributed by atoms with Crippen LogP contribution >= 0.6 is 0 Å². The molecule has 12 N–H and O–H groups in total. The smallest absolute Gasteiger partial charge is 0.373 e. The highest BCUT2D eigenvalue weighted by Gasteiger charge is 2.48. The number of carbonyl (C=O) groups excluding carboxylic acids is 9. The molecule has 0 saturated carbocycles. The van der Waals surface area contributed by atoms with Crippen LogP contribution in [0, 0.1) is 0 Å². The van der Waals surface area contributed by atoms with Crippen molar-refractivity contribution in [3.8, 4) is 11.5 Å². The number of Topliss-reactive ketones (excluding diaryl/α,β-unsaturated/α-hetero) is 2. The Morgan fingerprint density at radius 1 is 0.495 bits per heavy atom. The number of carboxylic acids is 1. The largest absolute Gasteiger partial charge is 0.479 e. The SMILES string of the molecule is CC(=O)OCc1ccc(O[C@@H]2O[C@H](C(=O)O)[C@@H](O)[C@H](O)[C@H]2O)c(C(=O)NCCOCCOCCOCCOCCOCCCC(=O)CC[C@@H](NC(=O)COCCOCCON)C(=O)CCCOCCOCCOCCOCCOCCNC(=O)c2cc(COC(C)=O)ccc2O[C@@H]2OC[C@@H](O)[C@H](O)[C@H]2O)c1.O=C=O. The Kier molecular flexibility index (Phi) is 52.4. The Bertz CT molecular complexity index is 2950. The Balaban J connectivity index is 0.0000101. The van der Waals surface area contributed by atoms with Gasteiger partial charge in [0.05, 0.1) is 169 Å². The van der Waals surface area contributed by atoms with Crippen LogP contribution in [-0.2, 0) is 132 Å². The van der Waals surface area contributed by atoms with Gasteiger partial charge in [-0.3, -0.25) is 33.6 Å². The summed E-state index contributed by atoms with van der Waals surface area (Å²) in [5, 5.41) is 78.3. The maximum absolute atomic E-state index is 13.3. The van der Waals surface area contributed by atoms with Crippen LogP contribution in [-0.4, -0.2) is 335 Å². The lowest BCUT2D eigenvalue weighted by molar-refractivity contribution is -0.271. The maximum atomic E-state index is 13.3. The Morgan fingerprint density at radius 2 is 0.890 bits per heavy atom. The number of carboxylic acid groups (broad SMARTS) is 1. The highest BCUT2D eigenvalue weighted by molar-refractivity contribution is 5.98. The fourth-order valence-electron chi connectivity index (χ4n) is 9.54. The van der Waals surface area contributed by atoms with Gasteiger partial charge in [0.1, 0.15) is 73.7 Å². The molecule has 0 aromatic heterocycles. The lowest BCUT2D eigenvalue weighted by Crippen LogP contribution is -2.61. The summed E-state index contributed by atoms with van der Waals surface area (Å²) in [6, 6.07) is 7.65. The standard InChI is InChI=1S/C68H106N4O34.CO2/c1-45(73)100-41-47-7-11-55(104-67-61(82)58(79)54(77)43-102-67)50(39-47)64(84)70-13-17-90-21-25-94-30-34-97-32-28-93-24-20-89-16-4-6-53(76)52(72-57(78)44-99-36-35-98-37-38-103-69)10-9-49(75)5-3-15-88-19-23-92-27-31-96-33-29-95-26-22-91-18-14-71-65(85)51-40-48(42-101-46(2)74)8-12-56(51)105-68-62(83)59(80)60(81)63(106-68)66(86)87;2-1-3/h7-8,11-12,39-40,52,54,58-63,67-68,77,79-83H,3-6,9-10,13-38,41-44,69H2,1-2H3,(H,70,84)(H,71,85)(H,72,78)(H,86,87);/t52-,54-,58+,59+,60+,61-,62-,63+,67+,68-;/m1./s1. The molecule has 4 rings (SSSR count). The fourth-order valence-corrected chi connectivity index (χ4v) is 9.54. The molecule has 0 aliphatic carbocycles. The first-order valence-corrected chi connectivity index (χ1v) is 35.2. The number of carbonyl (C=O) groups is 8. The van der Waals surface area contributed by atoms with E-state index in [1.807, 2.05) is 0 Å². The molecule has 3 amide bonds. The number of esters is 2. The molecule has 40 nitrogen and oxygen atoms in total. The normalized spacial score (nSPS) is 19.1. The molecule has 0 spiro atoms. The van der Waals surface area contributed by atoms with Gasteiger partial charge in [0.15, 0.2) is 11.9 Å². The molecule has 2 aliphatic rings. The van der Waals surface area contributed by atoms with Gasteiger partial charge in [-0.05, 0) is 54.7 Å². The van der Waals surface area contributed by atoms with Crippen LogP contribution in [0.5, 0.6) is 11.5 Å². The van der Waals surface area contributed by atoms with Crippen molar-refractivity contribution >= 4 is 53.3 Å². The Hall–Kier alpha value is -7.30. The first-order valence-electron chi connectivity index (χ1n) is 35.2. The molecule has 2 fully saturated rings. The number of nitrogens with one attached hydrogen (secondary N) is 3. The zero-order valence-electron chi connectivity index (χ0n) is 61.2. The van der Waals surface area contributed by atoms with E-state index in [1.165, 1.54) is 44.2 Å². The highest BCUT2D eigenvalue weighted by atomic mass is 16.7. The minimum absolute atomic E-state index is 0.0168. The number of nitrogens with two attached hydrogens (primary N) is 1. The van der Waals surface area contributed by atoms with Gasteiger partial charge >= 0.3 is 24.1 Å². The van der Waals surface area contributed by atoms with Gasteiger partial charge in [0.25, 0.3) is 11.8 Å². The first-order chi connectivity index (χ1) is 52.6. The number of benzene rings is 2. The van der Waals surface area contributed by atoms with Crippen molar-refractivity contribution in [2.24, 2.45) is 5.90 Å². The lowest BCUT2D eigenvalue weighted by Gasteiger charge is -2.38. The van der Waals surface area contributed by atoms with Crippen LogP contribution in [0.25, 0.3) is 0 Å². The van der Waals surface area contributed by atoms with Crippen molar-refractivity contribution < 1.29 is 174 Å². The van der Waals surface area contributed by atoms with E-state index in [-0.39, 0.29) is 211 Å². The molecule has 2 heterocycles. The van der Waals surface area contributed by atoms with E-state index in [2.05, 4.69) is 20.8 Å². The molecule has 109 heavy (non-hydrogen) atoms. The van der Waals surface area contributed by atoms with E-state index in [1.54, 1.807) is 6.07 Å². The summed E-state index contributed by atoms with van der Waals surface area (Å²) in [5.74, 6) is 0.0160. The summed E-state index contributed by atoms with van der Waals surface area (Å²) in [7, 11) is 0. The molecule has 2 aromatic carbocycles. The number of aliphatic hydroxyl groups excluding tert-OH is 6. The van der Waals surface area contributed by atoms with Gasteiger partial charge in [-0.1, -0.05) is 12.1 Å². The molecule has 0 unspecified atom stereocenters. The van der Waals surface area contributed by atoms with E-state index in [4.69, 9.17) is 101 Å². The van der Waals surface area contributed by atoms with Crippen molar-refractivity contribution in [2.45, 2.75) is 127 Å². The predicted octanol–water partition coefficient (Wildman–Crippen LogP) is -3.47. The van der Waals surface area contributed by atoms with Crippen LogP contribution < -0.4 is 31.3 Å². The van der Waals surface area contributed by atoms with E-state index in [0.717, 1.165) is 0 Å². The summed E-state index contributed by atoms with van der Waals surface area (Å²) in [4.78, 5) is 120. The number of ether oxygens (including phenoxy) is 18. The van der Waals surface area contributed by atoms with Crippen LogP contribution in [0.2, 0.25) is 0 Å². The number of aliphatic hydroxyl groups is 6. The third kappa shape index (κ3) is 42.6. The van der Waals surface area contributed by atoms with E-state index >= 15 is 0 Å². The van der Waals surface area contributed by atoms with Gasteiger partial charge < -0.3 is 142 Å². The van der Waals surface area contributed by atoms with Crippen molar-refractivity contribution in [3.63, 3.8) is 0 Å². The molecule has 0 radical (unpaired) electrons. The Morgan fingerprint density at radius 3 is 1.32 bits per heavy atom. The van der Waals surface area contributed by atoms with Crippen molar-refractivity contribution in [1.29, 1.82) is 0 Å². The van der Waals surface area contributed by atoms with Crippen LogP contribution in [0.4, 0.5) is 0 Å². The number of ketones is 2. The monoisotopic (exact) mass is 1570 g/mol. The summed E-state index contributed by atoms with van der Waals surface area (Å²) in [6.07, 6.45) is -13.8. The van der Waals surface area contributed by atoms with Gasteiger partial charge in [-0.25, -0.2) is 10.7 Å². The van der Waals surface area contributed by atoms with Crippen LogP contribution in [0.15, 0.2) is 36.4 Å². The van der Waals surface area contributed by atoms with Gasteiger partial charge in [0, 0.05) is 59.4 Å². The maximum Gasteiger partial charge on any atom is 0.373 e. The zero-order valence-corrected chi connectivity index (χ0v) is 61.2. The quantitative estimate of drug-likeness (QED) is 0.0174. The van der Waals surface area contributed by atoms with E-state index in [0.29, 0.717) is 76.8 Å². The highest BCUT2D eigenvalue weighted by Crippen LogP contribution is 2.29. The Labute approximate surface area is 629 Å². The molecule has 40 heteroatoms. The molecule has 618 valence electrons. The molecule has 2 aliphatic heterocycles. The molecule has 2 aromatic rings. The molecular weight excluding hydrogens is 1460 g/mol. The third-order valence-corrected chi connectivity index (χ3v) is 15.1. The summed E-state index contributed by atoms with van der Waals surface area (Å²) in [6.45, 7) is 7.62. The minimum Gasteiger partial charge on any atom is -0.479 e. The van der Waals surface area contributed by atoms with Crippen LogP contribution in [0.1, 0.15) is 84.2 Å². The predicted molar refractivity (Wildman–Crippen MR) is 366 cm³/mol. The fraction of sp³-hybridized carbons (Fsp3) is 0.696. The number of hydrogen-bond acceptors (Lipinski definition) is 36. The number of rotatable bonds is 62. The molecule has 0 bridgehead atoms. The average molecular weight is 1570 g/mol. The van der Waals surface area contributed by atoms with Crippen molar-refractivity contribution in [3.05, 3.63) is 58.7 Å². The van der Waals surface area contributed by atoms with E-state index < -0.39 is 97.0 Å². The molecular formula is C69H106N4O36. The zero-order chi connectivity index (χ0) is 79.8.